The number of nitrogens with one attached hydrogen (secondary N) is 1. The van der Waals surface area contributed by atoms with Gasteiger partial charge in [0, 0.05) is 18.9 Å². The molecule has 118 valence electrons. The molecule has 0 fully saturated rings. The van der Waals surface area contributed by atoms with Crippen LogP contribution in [0.1, 0.15) is 43.0 Å². The molecular formula is C18H23NO3. The molecule has 0 aliphatic rings. The first-order chi connectivity index (χ1) is 10.5. The van der Waals surface area contributed by atoms with Crippen molar-refractivity contribution in [3.63, 3.8) is 0 Å². The minimum atomic E-state index is -0.566. The second kappa shape index (κ2) is 7.80. The molecule has 1 heterocycles. The highest BCUT2D eigenvalue weighted by Crippen LogP contribution is 2.17. The number of aryl methyl sites for hydroxylation is 2. The van der Waals surface area contributed by atoms with Crippen LogP contribution in [0.2, 0.25) is 0 Å². The van der Waals surface area contributed by atoms with E-state index in [0.717, 1.165) is 17.1 Å². The smallest absolute Gasteiger partial charge is 0.220 e. The van der Waals surface area contributed by atoms with Crippen molar-refractivity contribution in [1.29, 1.82) is 0 Å². The lowest BCUT2D eigenvalue weighted by atomic mass is 10.0. The van der Waals surface area contributed by atoms with E-state index in [1.165, 1.54) is 0 Å². The molecule has 0 aliphatic carbocycles. The van der Waals surface area contributed by atoms with Crippen LogP contribution in [0.3, 0.4) is 0 Å². The van der Waals surface area contributed by atoms with Gasteiger partial charge < -0.3 is 14.8 Å². The summed E-state index contributed by atoms with van der Waals surface area (Å²) in [5.74, 6) is 1.65. The summed E-state index contributed by atoms with van der Waals surface area (Å²) in [5.41, 5.74) is 0.870. The Hall–Kier alpha value is -2.07. The molecule has 2 N–H and O–H groups in total. The summed E-state index contributed by atoms with van der Waals surface area (Å²) in [5, 5.41) is 13.1. The number of aliphatic hydroxyl groups is 1. The number of aliphatic hydroxyl groups excluding tert-OH is 1. The van der Waals surface area contributed by atoms with Gasteiger partial charge in [-0.25, -0.2) is 0 Å². The maximum atomic E-state index is 11.9. The van der Waals surface area contributed by atoms with Crippen molar-refractivity contribution in [2.24, 2.45) is 0 Å². The fraction of sp³-hybridized carbons (Fsp3) is 0.389. The van der Waals surface area contributed by atoms with Crippen LogP contribution in [0, 0.1) is 6.92 Å². The average Bonchev–Trinajstić information content (AvgIpc) is 2.91. The minimum Gasteiger partial charge on any atom is -0.466 e. The normalized spacial score (nSPS) is 13.6. The minimum absolute atomic E-state index is 0.0261. The Morgan fingerprint density at radius 1 is 1.23 bits per heavy atom. The molecule has 0 saturated heterocycles. The zero-order valence-corrected chi connectivity index (χ0v) is 13.1. The van der Waals surface area contributed by atoms with Gasteiger partial charge in [-0.2, -0.15) is 0 Å². The maximum Gasteiger partial charge on any atom is 0.220 e. The summed E-state index contributed by atoms with van der Waals surface area (Å²) in [6.07, 6.45) is 0.909. The van der Waals surface area contributed by atoms with E-state index in [0.29, 0.717) is 19.3 Å². The SMILES string of the molecule is Cc1ccc(CCC(=O)N[C@@H](C)C[C@@H](O)c2ccccc2)o1. The largest absolute Gasteiger partial charge is 0.466 e. The Labute approximate surface area is 131 Å². The molecule has 0 radical (unpaired) electrons. The van der Waals surface area contributed by atoms with E-state index in [1.54, 1.807) is 0 Å². The summed E-state index contributed by atoms with van der Waals surface area (Å²) >= 11 is 0. The van der Waals surface area contributed by atoms with Gasteiger partial charge in [0.25, 0.3) is 0 Å². The number of hydrogen-bond donors (Lipinski definition) is 2. The zero-order chi connectivity index (χ0) is 15.9. The molecule has 1 amide bonds. The predicted octanol–water partition coefficient (Wildman–Crippen LogP) is 3.15. The summed E-state index contributed by atoms with van der Waals surface area (Å²) < 4.78 is 5.44. The molecule has 0 unspecified atom stereocenters. The Kier molecular flexibility index (Phi) is 5.78. The Bertz CT molecular complexity index is 591. The van der Waals surface area contributed by atoms with Crippen molar-refractivity contribution < 1.29 is 14.3 Å². The van der Waals surface area contributed by atoms with Crippen molar-refractivity contribution in [2.75, 3.05) is 0 Å². The molecule has 2 atom stereocenters. The number of amides is 1. The van der Waals surface area contributed by atoms with Crippen molar-refractivity contribution in [3.05, 3.63) is 59.5 Å². The van der Waals surface area contributed by atoms with E-state index in [4.69, 9.17) is 4.42 Å². The Morgan fingerprint density at radius 2 is 1.95 bits per heavy atom. The van der Waals surface area contributed by atoms with Crippen LogP contribution in [0.25, 0.3) is 0 Å². The van der Waals surface area contributed by atoms with Gasteiger partial charge in [-0.15, -0.1) is 0 Å². The lowest BCUT2D eigenvalue weighted by Crippen LogP contribution is -2.33. The number of carbonyl (C=O) groups is 1. The van der Waals surface area contributed by atoms with Gasteiger partial charge >= 0.3 is 0 Å². The number of benzene rings is 1. The maximum absolute atomic E-state index is 11.9. The third-order valence-corrected chi connectivity index (χ3v) is 3.56. The Morgan fingerprint density at radius 3 is 2.59 bits per heavy atom. The van der Waals surface area contributed by atoms with E-state index in [9.17, 15) is 9.90 Å². The molecule has 4 heteroatoms. The van der Waals surface area contributed by atoms with E-state index < -0.39 is 6.10 Å². The predicted molar refractivity (Wildman–Crippen MR) is 85.4 cm³/mol. The lowest BCUT2D eigenvalue weighted by Gasteiger charge is -2.18. The van der Waals surface area contributed by atoms with Crippen LogP contribution in [-0.4, -0.2) is 17.1 Å². The molecule has 2 rings (SSSR count). The van der Waals surface area contributed by atoms with E-state index in [2.05, 4.69) is 5.32 Å². The van der Waals surface area contributed by atoms with Crippen LogP contribution in [0.5, 0.6) is 0 Å². The van der Waals surface area contributed by atoms with Gasteiger partial charge in [-0.1, -0.05) is 30.3 Å². The van der Waals surface area contributed by atoms with E-state index >= 15 is 0 Å². The molecule has 22 heavy (non-hydrogen) atoms. The standard InChI is InChI=1S/C18H23NO3/c1-13(12-17(20)15-6-4-3-5-7-15)19-18(21)11-10-16-9-8-14(2)22-16/h3-9,13,17,20H,10-12H2,1-2H3,(H,19,21)/t13-,17+/m0/s1. The summed E-state index contributed by atoms with van der Waals surface area (Å²) in [6.45, 7) is 3.79. The molecular weight excluding hydrogens is 278 g/mol. The van der Waals surface area contributed by atoms with Crippen molar-refractivity contribution in [2.45, 2.75) is 45.3 Å². The topological polar surface area (TPSA) is 62.5 Å². The van der Waals surface area contributed by atoms with Crippen molar-refractivity contribution in [3.8, 4) is 0 Å². The number of rotatable bonds is 7. The van der Waals surface area contributed by atoms with Gasteiger partial charge in [0.1, 0.15) is 11.5 Å². The second-order valence-electron chi connectivity index (χ2n) is 5.64. The van der Waals surface area contributed by atoms with Crippen molar-refractivity contribution >= 4 is 5.91 Å². The Balaban J connectivity index is 1.74. The third-order valence-electron chi connectivity index (χ3n) is 3.56. The molecule has 0 saturated carbocycles. The molecule has 2 aromatic rings. The van der Waals surface area contributed by atoms with Crippen molar-refractivity contribution in [1.82, 2.24) is 5.32 Å². The van der Waals surface area contributed by atoms with E-state index in [-0.39, 0.29) is 11.9 Å². The van der Waals surface area contributed by atoms with Gasteiger partial charge in [0.05, 0.1) is 6.10 Å². The number of furan rings is 1. The molecule has 0 spiro atoms. The molecule has 0 bridgehead atoms. The van der Waals surface area contributed by atoms with Gasteiger partial charge in [0.15, 0.2) is 0 Å². The first-order valence-electron chi connectivity index (χ1n) is 7.62. The monoisotopic (exact) mass is 301 g/mol. The summed E-state index contributed by atoms with van der Waals surface area (Å²) in [7, 11) is 0. The first kappa shape index (κ1) is 16.3. The summed E-state index contributed by atoms with van der Waals surface area (Å²) in [6, 6.07) is 13.2. The molecule has 1 aromatic carbocycles. The van der Waals surface area contributed by atoms with Crippen LogP contribution in [0.15, 0.2) is 46.9 Å². The van der Waals surface area contributed by atoms with Crippen LogP contribution in [-0.2, 0) is 11.2 Å². The molecule has 1 aromatic heterocycles. The molecule has 0 aliphatic heterocycles. The van der Waals surface area contributed by atoms with Crippen LogP contribution in [0.4, 0.5) is 0 Å². The van der Waals surface area contributed by atoms with Crippen LogP contribution < -0.4 is 5.32 Å². The number of carbonyl (C=O) groups excluding carboxylic acids is 1. The highest BCUT2D eigenvalue weighted by molar-refractivity contribution is 5.76. The van der Waals surface area contributed by atoms with E-state index in [1.807, 2.05) is 56.3 Å². The van der Waals surface area contributed by atoms with Gasteiger partial charge in [-0.05, 0) is 38.0 Å². The first-order valence-corrected chi connectivity index (χ1v) is 7.62. The quantitative estimate of drug-likeness (QED) is 0.826. The third kappa shape index (κ3) is 5.04. The summed E-state index contributed by atoms with van der Waals surface area (Å²) in [4.78, 5) is 11.9. The lowest BCUT2D eigenvalue weighted by molar-refractivity contribution is -0.121. The zero-order valence-electron chi connectivity index (χ0n) is 13.1. The van der Waals surface area contributed by atoms with Crippen LogP contribution >= 0.6 is 0 Å². The van der Waals surface area contributed by atoms with Gasteiger partial charge in [0.2, 0.25) is 5.91 Å². The second-order valence-corrected chi connectivity index (χ2v) is 5.64. The molecule has 4 nitrogen and oxygen atoms in total. The fourth-order valence-electron chi connectivity index (χ4n) is 2.41. The average molecular weight is 301 g/mol. The highest BCUT2D eigenvalue weighted by Gasteiger charge is 2.14. The highest BCUT2D eigenvalue weighted by atomic mass is 16.3. The van der Waals surface area contributed by atoms with Gasteiger partial charge in [-0.3, -0.25) is 4.79 Å². The fourth-order valence-corrected chi connectivity index (χ4v) is 2.41. The number of hydrogen-bond acceptors (Lipinski definition) is 3.